The lowest BCUT2D eigenvalue weighted by molar-refractivity contribution is -0.585. The van der Waals surface area contributed by atoms with Crippen LogP contribution in [0.4, 0.5) is 0 Å². The van der Waals surface area contributed by atoms with E-state index in [1.54, 1.807) is 22.7 Å². The van der Waals surface area contributed by atoms with Gasteiger partial charge in [0.2, 0.25) is 0 Å². The summed E-state index contributed by atoms with van der Waals surface area (Å²) < 4.78 is 15.9. The molecule has 0 atom stereocenters. The summed E-state index contributed by atoms with van der Waals surface area (Å²) in [4.78, 5) is 0. The zero-order chi connectivity index (χ0) is 27.2. The summed E-state index contributed by atoms with van der Waals surface area (Å²) >= 11 is 3.15. The van der Waals surface area contributed by atoms with Gasteiger partial charge in [0.05, 0.1) is 0 Å². The Morgan fingerprint density at radius 1 is 0.390 bits per heavy atom. The second-order valence-electron chi connectivity index (χ2n) is 9.71. The molecule has 8 rings (SSSR count). The number of fused-ring (bicyclic) bond motifs is 4. The van der Waals surface area contributed by atoms with E-state index >= 15 is 0 Å². The lowest BCUT2D eigenvalue weighted by Gasteiger charge is -2.11. The molecule has 6 aromatic carbocycles. The van der Waals surface area contributed by atoms with Gasteiger partial charge < -0.3 is 9.47 Å². The number of rotatable bonds is 6. The largest absolute Gasteiger partial charge is 0.445 e. The first kappa shape index (κ1) is 24.9. The Bertz CT molecular complexity index is 1950. The van der Waals surface area contributed by atoms with E-state index in [-0.39, 0.29) is 21.2 Å². The van der Waals surface area contributed by atoms with Crippen molar-refractivity contribution < 1.29 is 30.7 Å². The molecule has 196 valence electrons. The van der Waals surface area contributed by atoms with Crippen LogP contribution in [0.3, 0.4) is 0 Å². The number of hydrogen-bond donors (Lipinski definition) is 0. The van der Waals surface area contributed by atoms with E-state index in [9.17, 15) is 0 Å². The standard InChI is InChI=1S/C36H22IO2S2/c1-5-13-27-23(9-1)21-24-10-2-6-14-28(24)35(27)38-33-19-17-31(40-33)37-32-18-20-34(41-32)39-36-29-15-7-3-11-25(29)22-26-12-4-8-16-30(26)36/h1-22H/q+1. The first-order valence-corrected chi connectivity index (χ1v) is 17.1. The summed E-state index contributed by atoms with van der Waals surface area (Å²) in [5, 5.41) is 11.2. The first-order chi connectivity index (χ1) is 20.3. The molecule has 0 radical (unpaired) electrons. The Morgan fingerprint density at radius 2 is 0.732 bits per heavy atom. The Hall–Kier alpha value is -3.91. The minimum absolute atomic E-state index is 0.346. The van der Waals surface area contributed by atoms with Crippen LogP contribution in [0.1, 0.15) is 0 Å². The van der Waals surface area contributed by atoms with E-state index in [2.05, 4.69) is 133 Å². The lowest BCUT2D eigenvalue weighted by atomic mass is 10.0. The Balaban J connectivity index is 1.07. The van der Waals surface area contributed by atoms with E-state index in [4.69, 9.17) is 9.47 Å². The Morgan fingerprint density at radius 3 is 1.10 bits per heavy atom. The molecule has 0 saturated heterocycles. The summed E-state index contributed by atoms with van der Waals surface area (Å²) in [7, 11) is 0. The van der Waals surface area contributed by atoms with Gasteiger partial charge in [0.1, 0.15) is 11.5 Å². The third kappa shape index (κ3) is 4.74. The second-order valence-corrected chi connectivity index (χ2v) is 16.1. The number of benzene rings is 6. The van der Waals surface area contributed by atoms with Crippen molar-refractivity contribution >= 4 is 65.8 Å². The maximum atomic E-state index is 6.60. The highest BCUT2D eigenvalue weighted by atomic mass is 127. The highest BCUT2D eigenvalue weighted by molar-refractivity contribution is 7.12. The Labute approximate surface area is 255 Å². The monoisotopic (exact) mass is 677 g/mol. The fourth-order valence-corrected chi connectivity index (χ4v) is 11.2. The third-order valence-electron chi connectivity index (χ3n) is 7.13. The fraction of sp³-hybridized carbons (Fsp3) is 0. The second kappa shape index (κ2) is 10.5. The molecule has 0 spiro atoms. The summed E-state index contributed by atoms with van der Waals surface area (Å²) in [6.45, 7) is 0. The Kier molecular flexibility index (Phi) is 6.36. The summed E-state index contributed by atoms with van der Waals surface area (Å²) in [6.07, 6.45) is 0. The quantitative estimate of drug-likeness (QED) is 0.131. The third-order valence-corrected chi connectivity index (χ3v) is 12.8. The predicted molar refractivity (Wildman–Crippen MR) is 169 cm³/mol. The predicted octanol–water partition coefficient (Wildman–Crippen LogP) is 8.14. The first-order valence-electron chi connectivity index (χ1n) is 13.3. The molecule has 5 heteroatoms. The maximum Gasteiger partial charge on any atom is 0.381 e. The van der Waals surface area contributed by atoms with Gasteiger partial charge in [0.25, 0.3) is 5.77 Å². The fourth-order valence-electron chi connectivity index (χ4n) is 5.26. The van der Waals surface area contributed by atoms with Crippen molar-refractivity contribution in [1.29, 1.82) is 0 Å². The molecule has 0 N–H and O–H groups in total. The smallest absolute Gasteiger partial charge is 0.381 e. The average molecular weight is 678 g/mol. The van der Waals surface area contributed by atoms with E-state index in [1.807, 2.05) is 0 Å². The van der Waals surface area contributed by atoms with Crippen molar-refractivity contribution in [3.05, 3.63) is 139 Å². The van der Waals surface area contributed by atoms with E-state index in [1.165, 1.54) is 27.3 Å². The average Bonchev–Trinajstić information content (AvgIpc) is 3.66. The van der Waals surface area contributed by atoms with Crippen LogP contribution in [0.25, 0.3) is 43.1 Å². The molecule has 2 heterocycles. The SMILES string of the molecule is c1ccc2c(Oc3ccc([I+]c4ccc(Oc5c6ccccc6cc6ccccc56)s4)s3)c3ccccc3cc2c1. The molecule has 0 unspecified atom stereocenters. The van der Waals surface area contributed by atoms with Crippen molar-refractivity contribution in [1.82, 2.24) is 0 Å². The van der Waals surface area contributed by atoms with E-state index in [0.29, 0.717) is 0 Å². The highest BCUT2D eigenvalue weighted by Gasteiger charge is 2.23. The summed E-state index contributed by atoms with van der Waals surface area (Å²) in [5.74, 6) is 1.86. The van der Waals surface area contributed by atoms with Crippen LogP contribution in [0.15, 0.2) is 133 Å². The van der Waals surface area contributed by atoms with Gasteiger partial charge in [0, 0.05) is 33.7 Å². The van der Waals surface area contributed by atoms with Crippen LogP contribution >= 0.6 is 22.7 Å². The van der Waals surface area contributed by atoms with Crippen LogP contribution in [0.5, 0.6) is 21.6 Å². The van der Waals surface area contributed by atoms with Crippen LogP contribution < -0.4 is 30.7 Å². The van der Waals surface area contributed by atoms with Gasteiger partial charge in [-0.1, -0.05) is 120 Å². The molecule has 41 heavy (non-hydrogen) atoms. The molecule has 2 nitrogen and oxygen atoms in total. The highest BCUT2D eigenvalue weighted by Crippen LogP contribution is 2.40. The number of hydrogen-bond acceptors (Lipinski definition) is 4. The molecule has 0 aliphatic rings. The van der Waals surface area contributed by atoms with Gasteiger partial charge in [-0.05, 0) is 45.8 Å². The molecule has 0 aliphatic carbocycles. The lowest BCUT2D eigenvalue weighted by Crippen LogP contribution is -3.61. The van der Waals surface area contributed by atoms with Gasteiger partial charge in [-0.15, -0.1) is 0 Å². The zero-order valence-electron chi connectivity index (χ0n) is 21.7. The molecule has 0 saturated carbocycles. The van der Waals surface area contributed by atoms with Crippen molar-refractivity contribution in [2.45, 2.75) is 0 Å². The van der Waals surface area contributed by atoms with Gasteiger partial charge in [-0.2, -0.15) is 0 Å². The van der Waals surface area contributed by atoms with Gasteiger partial charge in [0.15, 0.2) is 10.1 Å². The number of thiophene rings is 2. The number of ether oxygens (including phenoxy) is 2. The molecular formula is C36H22IO2S2+. The minimum Gasteiger partial charge on any atom is -0.445 e. The van der Waals surface area contributed by atoms with Gasteiger partial charge in [-0.3, -0.25) is 0 Å². The van der Waals surface area contributed by atoms with Crippen LogP contribution in [0.2, 0.25) is 0 Å². The van der Waals surface area contributed by atoms with E-state index < -0.39 is 0 Å². The van der Waals surface area contributed by atoms with Crippen molar-refractivity contribution in [2.75, 3.05) is 0 Å². The number of halogens is 1. The normalized spacial score (nSPS) is 11.5. The van der Waals surface area contributed by atoms with Crippen LogP contribution in [-0.2, 0) is 0 Å². The maximum absolute atomic E-state index is 6.60. The topological polar surface area (TPSA) is 18.5 Å². The van der Waals surface area contributed by atoms with Gasteiger partial charge >= 0.3 is 21.2 Å². The molecule has 2 aromatic heterocycles. The molecule has 0 bridgehead atoms. The molecule has 0 aliphatic heterocycles. The summed E-state index contributed by atoms with van der Waals surface area (Å²) in [5.41, 5.74) is 0. The molecular weight excluding hydrogens is 655 g/mol. The zero-order valence-corrected chi connectivity index (χ0v) is 25.5. The van der Waals surface area contributed by atoms with Crippen LogP contribution in [0, 0.1) is 5.77 Å². The van der Waals surface area contributed by atoms with Crippen molar-refractivity contribution in [2.24, 2.45) is 0 Å². The van der Waals surface area contributed by atoms with Gasteiger partial charge in [-0.25, -0.2) is 0 Å². The van der Waals surface area contributed by atoms with Crippen molar-refractivity contribution in [3.63, 3.8) is 0 Å². The minimum atomic E-state index is -0.346. The van der Waals surface area contributed by atoms with E-state index in [0.717, 1.165) is 43.2 Å². The van der Waals surface area contributed by atoms with Crippen LogP contribution in [-0.4, -0.2) is 0 Å². The summed E-state index contributed by atoms with van der Waals surface area (Å²) in [6, 6.07) is 46.9. The van der Waals surface area contributed by atoms with Crippen molar-refractivity contribution in [3.8, 4) is 21.6 Å². The molecule has 0 amide bonds. The molecule has 8 aromatic rings. The molecule has 0 fully saturated rings.